The molecule has 0 saturated carbocycles. The van der Waals surface area contributed by atoms with Gasteiger partial charge in [0.15, 0.2) is 0 Å². The van der Waals surface area contributed by atoms with Gasteiger partial charge in [0, 0.05) is 32.3 Å². The molecule has 0 saturated heterocycles. The van der Waals surface area contributed by atoms with Gasteiger partial charge in [0.1, 0.15) is 6.29 Å². The van der Waals surface area contributed by atoms with Crippen LogP contribution in [0.3, 0.4) is 0 Å². The van der Waals surface area contributed by atoms with E-state index in [-0.39, 0.29) is 0 Å². The minimum atomic E-state index is -2.49. The predicted octanol–water partition coefficient (Wildman–Crippen LogP) is 2.01. The van der Waals surface area contributed by atoms with E-state index in [9.17, 15) is 4.79 Å². The Kier molecular flexibility index (Phi) is 8.89. The lowest BCUT2D eigenvalue weighted by atomic mass is 10.4. The number of carbonyl (C=O) groups is 1. The highest BCUT2D eigenvalue weighted by Gasteiger charge is 2.39. The van der Waals surface area contributed by atoms with Crippen LogP contribution in [-0.2, 0) is 18.1 Å². The summed E-state index contributed by atoms with van der Waals surface area (Å²) in [5.74, 6) is 0. The van der Waals surface area contributed by atoms with Gasteiger partial charge in [-0.3, -0.25) is 0 Å². The van der Waals surface area contributed by atoms with Crippen molar-refractivity contribution in [3.8, 4) is 0 Å². The average molecular weight is 234 g/mol. The van der Waals surface area contributed by atoms with Gasteiger partial charge in [0.25, 0.3) is 0 Å². The highest BCUT2D eigenvalue weighted by Crippen LogP contribution is 2.18. The van der Waals surface area contributed by atoms with Crippen molar-refractivity contribution in [2.45, 2.75) is 39.7 Å². The van der Waals surface area contributed by atoms with Crippen molar-refractivity contribution < 1.29 is 18.1 Å². The number of rotatable bonds is 10. The van der Waals surface area contributed by atoms with Crippen LogP contribution in [0.25, 0.3) is 0 Å². The van der Waals surface area contributed by atoms with E-state index in [1.165, 1.54) is 0 Å². The highest BCUT2D eigenvalue weighted by molar-refractivity contribution is 6.60. The van der Waals surface area contributed by atoms with Crippen molar-refractivity contribution in [3.05, 3.63) is 0 Å². The third-order valence-corrected chi connectivity index (χ3v) is 5.05. The number of hydrogen-bond acceptors (Lipinski definition) is 4. The smallest absolute Gasteiger partial charge is 0.374 e. The van der Waals surface area contributed by atoms with E-state index in [4.69, 9.17) is 13.3 Å². The molecule has 0 heterocycles. The van der Waals surface area contributed by atoms with Gasteiger partial charge in [0.2, 0.25) is 0 Å². The fraction of sp³-hybridized carbons (Fsp3) is 0.900. The zero-order chi connectivity index (χ0) is 11.6. The lowest BCUT2D eigenvalue weighted by molar-refractivity contribution is -0.107. The SMILES string of the molecule is CCO[Si](CCCC=O)(OCC)OCC. The fourth-order valence-corrected chi connectivity index (χ4v) is 4.04. The Morgan fingerprint density at radius 2 is 1.47 bits per heavy atom. The van der Waals surface area contributed by atoms with Crippen molar-refractivity contribution in [3.63, 3.8) is 0 Å². The average Bonchev–Trinajstić information content (AvgIpc) is 2.19. The van der Waals surface area contributed by atoms with Gasteiger partial charge in [-0.25, -0.2) is 0 Å². The number of carbonyl (C=O) groups excluding carboxylic acids is 1. The molecular formula is C10H22O4Si. The van der Waals surface area contributed by atoms with Crippen LogP contribution in [0.2, 0.25) is 6.04 Å². The van der Waals surface area contributed by atoms with Gasteiger partial charge in [-0.15, -0.1) is 0 Å². The molecule has 0 aromatic rings. The quantitative estimate of drug-likeness (QED) is 0.329. The molecule has 0 aliphatic heterocycles. The van der Waals surface area contributed by atoms with Crippen LogP contribution in [0.4, 0.5) is 0 Å². The van der Waals surface area contributed by atoms with Crippen LogP contribution in [0.1, 0.15) is 33.6 Å². The molecule has 15 heavy (non-hydrogen) atoms. The molecule has 0 radical (unpaired) electrons. The standard InChI is InChI=1S/C10H22O4Si/c1-4-12-15(13-5-2,14-6-3)10-8-7-9-11/h9H,4-8,10H2,1-3H3. The van der Waals surface area contributed by atoms with Gasteiger partial charge in [0.05, 0.1) is 0 Å². The molecular weight excluding hydrogens is 212 g/mol. The Hall–Kier alpha value is -0.233. The topological polar surface area (TPSA) is 44.8 Å². The van der Waals surface area contributed by atoms with Gasteiger partial charge in [-0.05, 0) is 27.2 Å². The van der Waals surface area contributed by atoms with E-state index in [0.717, 1.165) is 18.8 Å². The third-order valence-electron chi connectivity index (χ3n) is 1.90. The molecule has 0 aliphatic rings. The molecule has 0 rings (SSSR count). The molecule has 0 amide bonds. The van der Waals surface area contributed by atoms with E-state index >= 15 is 0 Å². The summed E-state index contributed by atoms with van der Waals surface area (Å²) in [4.78, 5) is 10.3. The predicted molar refractivity (Wildman–Crippen MR) is 60.7 cm³/mol. The summed E-state index contributed by atoms with van der Waals surface area (Å²) >= 11 is 0. The van der Waals surface area contributed by atoms with Gasteiger partial charge >= 0.3 is 8.80 Å². The van der Waals surface area contributed by atoms with Gasteiger partial charge in [-0.1, -0.05) is 0 Å². The molecule has 0 fully saturated rings. The molecule has 5 heteroatoms. The summed E-state index contributed by atoms with van der Waals surface area (Å²) in [7, 11) is -2.49. The molecule has 0 spiro atoms. The molecule has 4 nitrogen and oxygen atoms in total. The number of aldehydes is 1. The normalized spacial score (nSPS) is 11.7. The lowest BCUT2D eigenvalue weighted by Gasteiger charge is -2.28. The molecule has 0 bridgehead atoms. The molecule has 0 N–H and O–H groups in total. The Labute approximate surface area is 93.3 Å². The first kappa shape index (κ1) is 14.8. The summed E-state index contributed by atoms with van der Waals surface area (Å²) in [6, 6.07) is 0.723. The van der Waals surface area contributed by atoms with Crippen molar-refractivity contribution >= 4 is 15.1 Å². The van der Waals surface area contributed by atoms with E-state index in [0.29, 0.717) is 26.2 Å². The second kappa shape index (κ2) is 9.03. The lowest BCUT2D eigenvalue weighted by Crippen LogP contribution is -2.45. The zero-order valence-corrected chi connectivity index (χ0v) is 11.0. The molecule has 0 unspecified atom stereocenters. The number of hydrogen-bond donors (Lipinski definition) is 0. The summed E-state index contributed by atoms with van der Waals surface area (Å²) in [6.07, 6.45) is 2.24. The van der Waals surface area contributed by atoms with Crippen LogP contribution in [0.15, 0.2) is 0 Å². The monoisotopic (exact) mass is 234 g/mol. The summed E-state index contributed by atoms with van der Waals surface area (Å²) < 4.78 is 16.9. The minimum absolute atomic E-state index is 0.544. The van der Waals surface area contributed by atoms with E-state index in [1.54, 1.807) is 0 Å². The summed E-state index contributed by atoms with van der Waals surface area (Å²) in [5, 5.41) is 0. The second-order valence-corrected chi connectivity index (χ2v) is 5.77. The van der Waals surface area contributed by atoms with Crippen LogP contribution < -0.4 is 0 Å². The summed E-state index contributed by atoms with van der Waals surface area (Å²) in [6.45, 7) is 7.56. The first-order chi connectivity index (χ1) is 7.24. The molecule has 90 valence electrons. The van der Waals surface area contributed by atoms with E-state index in [2.05, 4.69) is 0 Å². The highest BCUT2D eigenvalue weighted by atomic mass is 28.4. The van der Waals surface area contributed by atoms with Gasteiger partial charge in [-0.2, -0.15) is 0 Å². The van der Waals surface area contributed by atoms with E-state index < -0.39 is 8.80 Å². The molecule has 0 aliphatic carbocycles. The van der Waals surface area contributed by atoms with Crippen LogP contribution in [-0.4, -0.2) is 34.9 Å². The third kappa shape index (κ3) is 6.04. The van der Waals surface area contributed by atoms with Crippen molar-refractivity contribution in [2.24, 2.45) is 0 Å². The zero-order valence-electron chi connectivity index (χ0n) is 9.95. The Balaban J connectivity index is 4.24. The maximum atomic E-state index is 10.3. The maximum absolute atomic E-state index is 10.3. The maximum Gasteiger partial charge on any atom is 0.500 e. The van der Waals surface area contributed by atoms with Crippen molar-refractivity contribution in [1.82, 2.24) is 0 Å². The van der Waals surface area contributed by atoms with Crippen molar-refractivity contribution in [1.29, 1.82) is 0 Å². The fourth-order valence-electron chi connectivity index (χ4n) is 1.40. The first-order valence-electron chi connectivity index (χ1n) is 5.60. The largest absolute Gasteiger partial charge is 0.500 e. The Morgan fingerprint density at radius 3 is 1.80 bits per heavy atom. The van der Waals surface area contributed by atoms with E-state index in [1.807, 2.05) is 20.8 Å². The minimum Gasteiger partial charge on any atom is -0.374 e. The van der Waals surface area contributed by atoms with Crippen LogP contribution in [0.5, 0.6) is 0 Å². The second-order valence-electron chi connectivity index (χ2n) is 3.04. The molecule has 0 aromatic heterocycles. The molecule has 0 atom stereocenters. The molecule has 0 aromatic carbocycles. The summed E-state index contributed by atoms with van der Waals surface area (Å²) in [5.41, 5.74) is 0. The number of unbranched alkanes of at least 4 members (excludes halogenated alkanes) is 1. The Bertz CT molecular complexity index is 146. The Morgan fingerprint density at radius 1 is 1.00 bits per heavy atom. The van der Waals surface area contributed by atoms with Gasteiger partial charge < -0.3 is 18.1 Å². The van der Waals surface area contributed by atoms with Crippen LogP contribution in [0, 0.1) is 0 Å². The first-order valence-corrected chi connectivity index (χ1v) is 7.53. The van der Waals surface area contributed by atoms with Crippen molar-refractivity contribution in [2.75, 3.05) is 19.8 Å². The van der Waals surface area contributed by atoms with Crippen LogP contribution >= 0.6 is 0 Å².